The summed E-state index contributed by atoms with van der Waals surface area (Å²) in [6.07, 6.45) is 0.468. The molecule has 2 amide bonds. The molecule has 0 spiro atoms. The lowest BCUT2D eigenvalue weighted by Gasteiger charge is -2.39. The van der Waals surface area contributed by atoms with Crippen LogP contribution in [-0.4, -0.2) is 84.4 Å². The van der Waals surface area contributed by atoms with Crippen LogP contribution in [0.15, 0.2) is 32.9 Å². The molecule has 0 aliphatic carbocycles. The Morgan fingerprint density at radius 1 is 1.32 bits per heavy atom. The summed E-state index contributed by atoms with van der Waals surface area (Å²) in [6.45, 7) is 2.42. The summed E-state index contributed by atoms with van der Waals surface area (Å²) in [7, 11) is -3.98. The molecule has 3 N–H and O–H groups in total. The Kier molecular flexibility index (Phi) is 7.76. The van der Waals surface area contributed by atoms with Crippen LogP contribution in [0.3, 0.4) is 0 Å². The number of oxazole rings is 1. The molecule has 0 radical (unpaired) electrons. The number of aliphatic hydroxyl groups is 1. The van der Waals surface area contributed by atoms with Gasteiger partial charge in [-0.25, -0.2) is 13.4 Å². The third-order valence-electron chi connectivity index (χ3n) is 6.67. The highest BCUT2D eigenvalue weighted by molar-refractivity contribution is 7.91. The van der Waals surface area contributed by atoms with Crippen LogP contribution in [0.5, 0.6) is 0 Å². The van der Waals surface area contributed by atoms with E-state index in [9.17, 15) is 18.0 Å². The van der Waals surface area contributed by atoms with Crippen LogP contribution < -0.4 is 10.6 Å². The number of thiophene rings is 1. The predicted octanol–water partition coefficient (Wildman–Crippen LogP) is 1.59. The largest absolute Gasteiger partial charge is 0.436 e. The molecule has 1 saturated heterocycles. The zero-order valence-corrected chi connectivity index (χ0v) is 23.0. The fourth-order valence-corrected chi connectivity index (χ4v) is 8.16. The fraction of sp³-hybridized carbons (Fsp3) is 0.458. The lowest BCUT2D eigenvalue weighted by Crippen LogP contribution is -2.57. The van der Waals surface area contributed by atoms with Gasteiger partial charge in [-0.3, -0.25) is 9.59 Å². The third-order valence-corrected chi connectivity index (χ3v) is 10.4. The Morgan fingerprint density at radius 2 is 2.13 bits per heavy atom. The van der Waals surface area contributed by atoms with E-state index in [1.54, 1.807) is 24.3 Å². The molecule has 2 unspecified atom stereocenters. The van der Waals surface area contributed by atoms with Crippen molar-refractivity contribution in [2.45, 2.75) is 42.6 Å². The number of nitrogens with one attached hydrogen (secondary N) is 2. The molecule has 4 heterocycles. The van der Waals surface area contributed by atoms with E-state index in [-0.39, 0.29) is 55.3 Å². The summed E-state index contributed by atoms with van der Waals surface area (Å²) in [5, 5.41) is 16.2. The minimum Gasteiger partial charge on any atom is -0.436 e. The normalized spacial score (nSPS) is 20.4. The first-order valence-corrected chi connectivity index (χ1v) is 14.9. The maximum absolute atomic E-state index is 13.7. The second-order valence-electron chi connectivity index (χ2n) is 9.42. The summed E-state index contributed by atoms with van der Waals surface area (Å²) >= 11 is 7.19. The van der Waals surface area contributed by atoms with Gasteiger partial charge in [-0.05, 0) is 30.5 Å². The van der Waals surface area contributed by atoms with Crippen LogP contribution in [-0.2, 0) is 27.8 Å². The first-order valence-electron chi connectivity index (χ1n) is 12.3. The first kappa shape index (κ1) is 27.0. The molecule has 5 rings (SSSR count). The van der Waals surface area contributed by atoms with Gasteiger partial charge in [0, 0.05) is 54.8 Å². The maximum atomic E-state index is 13.7. The van der Waals surface area contributed by atoms with E-state index in [1.807, 2.05) is 6.92 Å². The molecule has 1 fully saturated rings. The van der Waals surface area contributed by atoms with Gasteiger partial charge in [-0.2, -0.15) is 4.31 Å². The van der Waals surface area contributed by atoms with E-state index in [2.05, 4.69) is 15.6 Å². The average Bonchev–Trinajstić information content (AvgIpc) is 3.51. The van der Waals surface area contributed by atoms with Gasteiger partial charge in [-0.1, -0.05) is 17.7 Å². The number of nitrogens with zero attached hydrogens (tertiary/aromatic N) is 3. The van der Waals surface area contributed by atoms with Crippen LogP contribution in [0.2, 0.25) is 5.02 Å². The molecule has 2 aliphatic heterocycles. The number of aromatic nitrogens is 1. The summed E-state index contributed by atoms with van der Waals surface area (Å²) in [4.78, 5) is 31.8. The number of halogens is 1. The highest BCUT2D eigenvalue weighted by atomic mass is 35.5. The zero-order valence-electron chi connectivity index (χ0n) is 20.6. The highest BCUT2D eigenvalue weighted by Gasteiger charge is 2.40. The number of sulfonamides is 1. The monoisotopic (exact) mass is 581 g/mol. The molecule has 14 heteroatoms. The molecule has 0 saturated carbocycles. The molecule has 11 nitrogen and oxygen atoms in total. The van der Waals surface area contributed by atoms with Crippen molar-refractivity contribution in [2.24, 2.45) is 0 Å². The molecule has 3 aromatic rings. The van der Waals surface area contributed by atoms with E-state index < -0.39 is 27.9 Å². The number of fused-ring (bicyclic) bond motifs is 2. The van der Waals surface area contributed by atoms with Gasteiger partial charge >= 0.3 is 5.91 Å². The smallest absolute Gasteiger partial charge is 0.309 e. The van der Waals surface area contributed by atoms with Gasteiger partial charge < -0.3 is 25.1 Å². The first-order chi connectivity index (χ1) is 18.2. The van der Waals surface area contributed by atoms with Crippen LogP contribution in [0.25, 0.3) is 10.1 Å². The quantitative estimate of drug-likeness (QED) is 0.381. The molecule has 0 bridgehead atoms. The van der Waals surface area contributed by atoms with Gasteiger partial charge in [0.25, 0.3) is 15.9 Å². The maximum Gasteiger partial charge on any atom is 0.309 e. The SMILES string of the molecule is CC1Cc2nc(C(=O)N3CCN(S(=O)(=O)c4cc5ccc(Cl)cc5s4)C(CC(=O)NCCO)C3)oc2CN1. The third kappa shape index (κ3) is 5.44. The van der Waals surface area contributed by atoms with Gasteiger partial charge in [0.05, 0.1) is 24.9 Å². The number of rotatable bonds is 7. The molecule has 2 aliphatic rings. The summed E-state index contributed by atoms with van der Waals surface area (Å²) in [6, 6.07) is 6.16. The average molecular weight is 582 g/mol. The molecular formula is C24H28ClN5O6S2. The minimum absolute atomic E-state index is 0.0000336. The lowest BCUT2D eigenvalue weighted by atomic mass is 10.1. The van der Waals surface area contributed by atoms with Crippen molar-refractivity contribution >= 4 is 54.9 Å². The Bertz CT molecular complexity index is 1470. The van der Waals surface area contributed by atoms with Gasteiger partial charge in [0.2, 0.25) is 5.91 Å². The Hall–Kier alpha value is -2.55. The van der Waals surface area contributed by atoms with E-state index in [0.717, 1.165) is 27.1 Å². The summed E-state index contributed by atoms with van der Waals surface area (Å²) in [5.41, 5.74) is 0.741. The molecule has 204 valence electrons. The van der Waals surface area contributed by atoms with E-state index in [1.165, 1.54) is 9.21 Å². The molecule has 1 aromatic carbocycles. The molecule has 2 atom stereocenters. The highest BCUT2D eigenvalue weighted by Crippen LogP contribution is 2.34. The zero-order chi connectivity index (χ0) is 27.0. The second-order valence-corrected chi connectivity index (χ2v) is 13.1. The van der Waals surface area contributed by atoms with Crippen LogP contribution in [0.1, 0.15) is 35.5 Å². The summed E-state index contributed by atoms with van der Waals surface area (Å²) in [5.74, 6) is -0.278. The number of hydrogen-bond acceptors (Lipinski definition) is 9. The van der Waals surface area contributed by atoms with Crippen molar-refractivity contribution in [2.75, 3.05) is 32.8 Å². The summed E-state index contributed by atoms with van der Waals surface area (Å²) < 4.78 is 35.4. The Morgan fingerprint density at radius 3 is 2.92 bits per heavy atom. The van der Waals surface area contributed by atoms with Crippen molar-refractivity contribution in [1.82, 2.24) is 24.8 Å². The van der Waals surface area contributed by atoms with Crippen molar-refractivity contribution in [1.29, 1.82) is 0 Å². The number of aliphatic hydroxyl groups excluding tert-OH is 1. The Labute approximate surface area is 228 Å². The van der Waals surface area contributed by atoms with Crippen molar-refractivity contribution in [3.63, 3.8) is 0 Å². The van der Waals surface area contributed by atoms with E-state index in [4.69, 9.17) is 21.1 Å². The van der Waals surface area contributed by atoms with Crippen molar-refractivity contribution in [3.8, 4) is 0 Å². The van der Waals surface area contributed by atoms with Crippen molar-refractivity contribution in [3.05, 3.63) is 46.6 Å². The standard InChI is InChI=1S/C24H28ClN5O6S2/c1-14-8-18-19(12-27-14)36-23(28-18)24(33)29-5-6-30(17(13-29)11-21(32)26-4-7-31)38(34,35)22-9-15-2-3-16(25)10-20(15)37-22/h2-3,9-10,14,17,27,31H,4-8,11-13H2,1H3,(H,26,32). The second kappa shape index (κ2) is 10.9. The van der Waals surface area contributed by atoms with Crippen LogP contribution >= 0.6 is 22.9 Å². The van der Waals surface area contributed by atoms with Crippen LogP contribution in [0.4, 0.5) is 0 Å². The molecular weight excluding hydrogens is 554 g/mol. The topological polar surface area (TPSA) is 145 Å². The number of carbonyl (C=O) groups excluding carboxylic acids is 2. The molecule has 2 aromatic heterocycles. The Balaban J connectivity index is 1.40. The minimum atomic E-state index is -3.98. The lowest BCUT2D eigenvalue weighted by molar-refractivity contribution is -0.122. The number of hydrogen-bond donors (Lipinski definition) is 3. The predicted molar refractivity (Wildman–Crippen MR) is 142 cm³/mol. The van der Waals surface area contributed by atoms with Gasteiger partial charge in [0.15, 0.2) is 0 Å². The van der Waals surface area contributed by atoms with Gasteiger partial charge in [0.1, 0.15) is 9.97 Å². The number of amides is 2. The van der Waals surface area contributed by atoms with E-state index >= 15 is 0 Å². The number of piperazine rings is 1. The number of benzene rings is 1. The van der Waals surface area contributed by atoms with Gasteiger partial charge in [-0.15, -0.1) is 11.3 Å². The number of carbonyl (C=O) groups is 2. The van der Waals surface area contributed by atoms with Crippen molar-refractivity contribution < 1.29 is 27.5 Å². The van der Waals surface area contributed by atoms with Crippen LogP contribution in [0, 0.1) is 0 Å². The fourth-order valence-electron chi connectivity index (χ4n) is 4.75. The molecule has 38 heavy (non-hydrogen) atoms. The van der Waals surface area contributed by atoms with E-state index in [0.29, 0.717) is 23.7 Å².